The molecule has 1 unspecified atom stereocenters. The van der Waals surface area contributed by atoms with Crippen molar-refractivity contribution >= 4 is 17.7 Å². The molecular weight excluding hydrogens is 282 g/mol. The molecule has 0 bridgehead atoms. The summed E-state index contributed by atoms with van der Waals surface area (Å²) in [5, 5.41) is 0. The van der Waals surface area contributed by atoms with E-state index < -0.39 is 12.1 Å². The van der Waals surface area contributed by atoms with Gasteiger partial charge in [-0.15, -0.1) is 0 Å². The lowest BCUT2D eigenvalue weighted by atomic mass is 10.1. The molecule has 0 spiro atoms. The maximum absolute atomic E-state index is 12.1. The second kappa shape index (κ2) is 7.73. The maximum atomic E-state index is 12.1. The first-order chi connectivity index (χ1) is 10.6. The van der Waals surface area contributed by atoms with Crippen LogP contribution < -0.4 is 0 Å². The van der Waals surface area contributed by atoms with Gasteiger partial charge in [0.2, 0.25) is 11.7 Å². The molecule has 1 aromatic carbocycles. The Morgan fingerprint density at radius 1 is 1.18 bits per heavy atom. The number of ketones is 1. The standard InChI is InChI=1S/C17H21NO4/c1-13(17(21)14-8-4-2-5-9-14)22-16(20)12-18-11-7-3-6-10-15(18)19/h2,4-5,8-9,13H,3,6-7,10-12H2,1H3. The highest BCUT2D eigenvalue weighted by Gasteiger charge is 2.23. The molecule has 0 N–H and O–H groups in total. The zero-order chi connectivity index (χ0) is 15.9. The van der Waals surface area contributed by atoms with Gasteiger partial charge in [0, 0.05) is 18.5 Å². The van der Waals surface area contributed by atoms with Gasteiger partial charge >= 0.3 is 5.97 Å². The van der Waals surface area contributed by atoms with Crippen LogP contribution >= 0.6 is 0 Å². The third kappa shape index (κ3) is 4.41. The van der Waals surface area contributed by atoms with E-state index in [2.05, 4.69) is 0 Å². The summed E-state index contributed by atoms with van der Waals surface area (Å²) in [5.41, 5.74) is 0.508. The van der Waals surface area contributed by atoms with Gasteiger partial charge in [0.15, 0.2) is 6.10 Å². The molecule has 1 heterocycles. The number of esters is 1. The van der Waals surface area contributed by atoms with Gasteiger partial charge < -0.3 is 9.64 Å². The van der Waals surface area contributed by atoms with Crippen molar-refractivity contribution in [3.8, 4) is 0 Å². The van der Waals surface area contributed by atoms with Crippen LogP contribution in [0.1, 0.15) is 43.0 Å². The predicted octanol–water partition coefficient (Wildman–Crippen LogP) is 2.20. The minimum atomic E-state index is -0.850. The van der Waals surface area contributed by atoms with Gasteiger partial charge in [-0.2, -0.15) is 0 Å². The van der Waals surface area contributed by atoms with Gasteiger partial charge in [0.25, 0.3) is 0 Å². The summed E-state index contributed by atoms with van der Waals surface area (Å²) in [6, 6.07) is 8.71. The highest BCUT2D eigenvalue weighted by molar-refractivity contribution is 6.00. The van der Waals surface area contributed by atoms with Crippen LogP contribution in [-0.2, 0) is 14.3 Å². The monoisotopic (exact) mass is 303 g/mol. The van der Waals surface area contributed by atoms with E-state index in [4.69, 9.17) is 4.74 Å². The van der Waals surface area contributed by atoms with Crippen LogP contribution in [0, 0.1) is 0 Å². The molecule has 1 fully saturated rings. The molecule has 0 radical (unpaired) electrons. The second-order valence-corrected chi connectivity index (χ2v) is 5.49. The Labute approximate surface area is 130 Å². The fraction of sp³-hybridized carbons (Fsp3) is 0.471. The van der Waals surface area contributed by atoms with Crippen molar-refractivity contribution in [3.63, 3.8) is 0 Å². The van der Waals surface area contributed by atoms with Crippen LogP contribution in [0.25, 0.3) is 0 Å². The van der Waals surface area contributed by atoms with E-state index in [0.29, 0.717) is 18.5 Å². The van der Waals surface area contributed by atoms with Crippen molar-refractivity contribution in [1.29, 1.82) is 0 Å². The number of hydrogen-bond acceptors (Lipinski definition) is 4. The summed E-state index contributed by atoms with van der Waals surface area (Å²) >= 11 is 0. The minimum absolute atomic E-state index is 0.0171. The Hall–Kier alpha value is -2.17. The largest absolute Gasteiger partial charge is 0.453 e. The molecular formula is C17H21NO4. The lowest BCUT2D eigenvalue weighted by molar-refractivity contribution is -0.151. The Balaban J connectivity index is 1.88. The molecule has 1 aliphatic heterocycles. The molecule has 2 rings (SSSR count). The highest BCUT2D eigenvalue weighted by atomic mass is 16.5. The molecule has 22 heavy (non-hydrogen) atoms. The number of carbonyl (C=O) groups excluding carboxylic acids is 3. The van der Waals surface area contributed by atoms with Crippen LogP contribution in [0.5, 0.6) is 0 Å². The van der Waals surface area contributed by atoms with Gasteiger partial charge in [-0.3, -0.25) is 14.4 Å². The first-order valence-electron chi connectivity index (χ1n) is 7.64. The lowest BCUT2D eigenvalue weighted by Gasteiger charge is -2.20. The van der Waals surface area contributed by atoms with Gasteiger partial charge in [-0.05, 0) is 19.8 Å². The fourth-order valence-corrected chi connectivity index (χ4v) is 2.49. The molecule has 5 nitrogen and oxygen atoms in total. The number of Topliss-reactive ketones (excluding diaryl/α,β-unsaturated/α-hetero) is 1. The molecule has 5 heteroatoms. The number of amides is 1. The van der Waals surface area contributed by atoms with Gasteiger partial charge in [-0.25, -0.2) is 0 Å². The fourth-order valence-electron chi connectivity index (χ4n) is 2.49. The van der Waals surface area contributed by atoms with Crippen molar-refractivity contribution in [3.05, 3.63) is 35.9 Å². The molecule has 1 aromatic rings. The van der Waals surface area contributed by atoms with Crippen molar-refractivity contribution in [1.82, 2.24) is 4.90 Å². The molecule has 0 aliphatic carbocycles. The first-order valence-corrected chi connectivity index (χ1v) is 7.64. The predicted molar refractivity (Wildman–Crippen MR) is 81.4 cm³/mol. The third-order valence-electron chi connectivity index (χ3n) is 3.73. The summed E-state index contributed by atoms with van der Waals surface area (Å²) in [7, 11) is 0. The summed E-state index contributed by atoms with van der Waals surface area (Å²) in [4.78, 5) is 37.4. The number of likely N-dealkylation sites (tertiary alicyclic amines) is 1. The van der Waals surface area contributed by atoms with Crippen LogP contribution in [0.3, 0.4) is 0 Å². The van der Waals surface area contributed by atoms with Crippen LogP contribution in [-0.4, -0.2) is 41.8 Å². The number of ether oxygens (including phenoxy) is 1. The number of rotatable bonds is 5. The van der Waals surface area contributed by atoms with E-state index in [9.17, 15) is 14.4 Å². The number of carbonyl (C=O) groups is 3. The molecule has 0 saturated carbocycles. The Morgan fingerprint density at radius 2 is 1.91 bits per heavy atom. The Kier molecular flexibility index (Phi) is 5.69. The topological polar surface area (TPSA) is 63.7 Å². The van der Waals surface area contributed by atoms with Gasteiger partial charge in [0.05, 0.1) is 0 Å². The van der Waals surface area contributed by atoms with Crippen molar-refractivity contribution in [2.75, 3.05) is 13.1 Å². The maximum Gasteiger partial charge on any atom is 0.326 e. The number of benzene rings is 1. The van der Waals surface area contributed by atoms with Gasteiger partial charge in [-0.1, -0.05) is 36.8 Å². The zero-order valence-corrected chi connectivity index (χ0v) is 12.8. The molecule has 1 amide bonds. The van der Waals surface area contributed by atoms with Crippen molar-refractivity contribution < 1.29 is 19.1 Å². The number of hydrogen-bond donors (Lipinski definition) is 0. The van der Waals surface area contributed by atoms with Crippen LogP contribution in [0.4, 0.5) is 0 Å². The smallest absolute Gasteiger partial charge is 0.326 e. The van der Waals surface area contributed by atoms with Crippen molar-refractivity contribution in [2.45, 2.75) is 38.7 Å². The Bertz CT molecular complexity index is 541. The molecule has 118 valence electrons. The molecule has 1 atom stereocenters. The van der Waals surface area contributed by atoms with E-state index in [1.54, 1.807) is 31.2 Å². The van der Waals surface area contributed by atoms with E-state index in [1.165, 1.54) is 4.90 Å². The number of nitrogens with zero attached hydrogens (tertiary/aromatic N) is 1. The SMILES string of the molecule is CC(OC(=O)CN1CCCCCC1=O)C(=O)c1ccccc1. The van der Waals surface area contributed by atoms with E-state index in [1.807, 2.05) is 6.07 Å². The summed E-state index contributed by atoms with van der Waals surface area (Å²) in [6.07, 6.45) is 2.40. The second-order valence-electron chi connectivity index (χ2n) is 5.49. The quantitative estimate of drug-likeness (QED) is 0.618. The molecule has 1 saturated heterocycles. The van der Waals surface area contributed by atoms with Gasteiger partial charge in [0.1, 0.15) is 6.54 Å². The lowest BCUT2D eigenvalue weighted by Crippen LogP contribution is -2.37. The average Bonchev–Trinajstić information content (AvgIpc) is 2.72. The summed E-state index contributed by atoms with van der Waals surface area (Å²) in [5.74, 6) is -0.792. The minimum Gasteiger partial charge on any atom is -0.453 e. The highest BCUT2D eigenvalue weighted by Crippen LogP contribution is 2.12. The summed E-state index contributed by atoms with van der Waals surface area (Å²) in [6.45, 7) is 2.05. The van der Waals surface area contributed by atoms with Crippen molar-refractivity contribution in [2.24, 2.45) is 0 Å². The third-order valence-corrected chi connectivity index (χ3v) is 3.73. The molecule has 1 aliphatic rings. The van der Waals surface area contributed by atoms with E-state index >= 15 is 0 Å². The van der Waals surface area contributed by atoms with E-state index in [0.717, 1.165) is 19.3 Å². The average molecular weight is 303 g/mol. The van der Waals surface area contributed by atoms with E-state index in [-0.39, 0.29) is 18.2 Å². The zero-order valence-electron chi connectivity index (χ0n) is 12.8. The van der Waals surface area contributed by atoms with Crippen LogP contribution in [0.15, 0.2) is 30.3 Å². The normalized spacial score (nSPS) is 16.8. The Morgan fingerprint density at radius 3 is 2.64 bits per heavy atom. The first kappa shape index (κ1) is 16.2. The molecule has 0 aromatic heterocycles. The summed E-state index contributed by atoms with van der Waals surface area (Å²) < 4.78 is 5.18. The van der Waals surface area contributed by atoms with Crippen LogP contribution in [0.2, 0.25) is 0 Å².